The molecule has 1 unspecified atom stereocenters. The standard InChI is InChI=1S/C21H34N8.3ClH.H2O/c1-16-15-28(9-8-22-16)19-14-18(27-12-10-26(2)11-13-27)23-21-24-20(25-29(19)21)17-6-4-3-5-7-17;;;;/h14,16-17,22H,3-13,15H2,1-2H3;3*1H;1H2. The summed E-state index contributed by atoms with van der Waals surface area (Å²) in [6, 6.07) is 2.72. The maximum atomic E-state index is 4.99. The minimum atomic E-state index is 0. The highest BCUT2D eigenvalue weighted by molar-refractivity contribution is 5.86. The fourth-order valence-electron chi connectivity index (χ4n) is 4.95. The molecule has 2 aliphatic heterocycles. The van der Waals surface area contributed by atoms with Gasteiger partial charge in [0.2, 0.25) is 0 Å². The zero-order valence-electron chi connectivity index (χ0n) is 19.6. The third kappa shape index (κ3) is 6.52. The van der Waals surface area contributed by atoms with E-state index in [2.05, 4.69) is 40.1 Å². The molecule has 0 bridgehead atoms. The molecule has 190 valence electrons. The first-order valence-corrected chi connectivity index (χ1v) is 11.4. The molecule has 2 aromatic heterocycles. The number of aromatic nitrogens is 4. The lowest BCUT2D eigenvalue weighted by Gasteiger charge is -2.35. The Labute approximate surface area is 215 Å². The summed E-state index contributed by atoms with van der Waals surface area (Å²) in [4.78, 5) is 17.2. The first-order chi connectivity index (χ1) is 14.2. The van der Waals surface area contributed by atoms with Gasteiger partial charge in [0.25, 0.3) is 5.78 Å². The minimum Gasteiger partial charge on any atom is -0.412 e. The Morgan fingerprint density at radius 2 is 1.61 bits per heavy atom. The molecule has 9 nitrogen and oxygen atoms in total. The Kier molecular flexibility index (Phi) is 11.9. The van der Waals surface area contributed by atoms with Gasteiger partial charge in [-0.15, -0.1) is 42.3 Å². The largest absolute Gasteiger partial charge is 0.412 e. The maximum Gasteiger partial charge on any atom is 0.256 e. The Balaban J connectivity index is 0.00000136. The number of hydrogen-bond donors (Lipinski definition) is 1. The molecule has 0 radical (unpaired) electrons. The number of fused-ring (bicyclic) bond motifs is 1. The van der Waals surface area contributed by atoms with Gasteiger partial charge < -0.3 is 25.5 Å². The van der Waals surface area contributed by atoms with Crippen LogP contribution in [0.4, 0.5) is 11.6 Å². The maximum absolute atomic E-state index is 4.99. The van der Waals surface area contributed by atoms with Crippen molar-refractivity contribution in [1.82, 2.24) is 29.8 Å². The van der Waals surface area contributed by atoms with E-state index in [4.69, 9.17) is 15.1 Å². The van der Waals surface area contributed by atoms with Crippen LogP contribution in [0.2, 0.25) is 0 Å². The average molecular weight is 526 g/mol. The first-order valence-electron chi connectivity index (χ1n) is 11.4. The van der Waals surface area contributed by atoms with Crippen LogP contribution in [0.25, 0.3) is 5.78 Å². The Hall–Kier alpha value is -1.10. The van der Waals surface area contributed by atoms with Gasteiger partial charge in [0, 0.05) is 63.8 Å². The van der Waals surface area contributed by atoms with Crippen LogP contribution >= 0.6 is 37.2 Å². The third-order valence-corrected chi connectivity index (χ3v) is 6.79. The van der Waals surface area contributed by atoms with E-state index in [1.807, 2.05) is 4.52 Å². The van der Waals surface area contributed by atoms with Gasteiger partial charge >= 0.3 is 0 Å². The molecular weight excluding hydrogens is 487 g/mol. The third-order valence-electron chi connectivity index (χ3n) is 6.79. The summed E-state index contributed by atoms with van der Waals surface area (Å²) in [5, 5.41) is 8.54. The summed E-state index contributed by atoms with van der Waals surface area (Å²) in [6.07, 6.45) is 6.36. The van der Waals surface area contributed by atoms with Crippen molar-refractivity contribution in [3.05, 3.63) is 11.9 Å². The predicted molar refractivity (Wildman–Crippen MR) is 141 cm³/mol. The summed E-state index contributed by atoms with van der Waals surface area (Å²) in [6.45, 7) is 9.41. The summed E-state index contributed by atoms with van der Waals surface area (Å²) in [5.41, 5.74) is 0. The Morgan fingerprint density at radius 3 is 2.27 bits per heavy atom. The summed E-state index contributed by atoms with van der Waals surface area (Å²) < 4.78 is 2.02. The number of hydrogen-bond acceptors (Lipinski definition) is 7. The molecule has 1 saturated carbocycles. The molecule has 0 spiro atoms. The van der Waals surface area contributed by atoms with E-state index >= 15 is 0 Å². The molecule has 3 N–H and O–H groups in total. The lowest BCUT2D eigenvalue weighted by atomic mass is 9.89. The average Bonchev–Trinajstić information content (AvgIpc) is 3.18. The van der Waals surface area contributed by atoms with Crippen LogP contribution in [0.5, 0.6) is 0 Å². The van der Waals surface area contributed by atoms with Crippen LogP contribution in [0.15, 0.2) is 6.07 Å². The fraction of sp³-hybridized carbons (Fsp3) is 0.762. The molecule has 12 heteroatoms. The zero-order valence-corrected chi connectivity index (χ0v) is 22.0. The van der Waals surface area contributed by atoms with E-state index in [1.165, 1.54) is 32.1 Å². The summed E-state index contributed by atoms with van der Waals surface area (Å²) in [5.74, 6) is 4.45. The highest BCUT2D eigenvalue weighted by Gasteiger charge is 2.26. The van der Waals surface area contributed by atoms with Crippen molar-refractivity contribution in [2.75, 3.05) is 62.7 Å². The molecule has 33 heavy (non-hydrogen) atoms. The van der Waals surface area contributed by atoms with Gasteiger partial charge in [-0.25, -0.2) is 0 Å². The summed E-state index contributed by atoms with van der Waals surface area (Å²) >= 11 is 0. The molecular formula is C21H39Cl3N8O. The molecule has 3 aliphatic rings. The van der Waals surface area contributed by atoms with Crippen LogP contribution < -0.4 is 15.1 Å². The van der Waals surface area contributed by atoms with Crippen LogP contribution in [0.3, 0.4) is 0 Å². The lowest BCUT2D eigenvalue weighted by molar-refractivity contribution is 0.312. The second kappa shape index (κ2) is 13.1. The predicted octanol–water partition coefficient (Wildman–Crippen LogP) is 2.16. The van der Waals surface area contributed by atoms with Gasteiger partial charge in [-0.1, -0.05) is 19.3 Å². The van der Waals surface area contributed by atoms with Crippen molar-refractivity contribution < 1.29 is 5.48 Å². The molecule has 5 rings (SSSR count). The number of anilines is 2. The number of nitrogens with zero attached hydrogens (tertiary/aromatic N) is 7. The van der Waals surface area contributed by atoms with Crippen LogP contribution in [-0.2, 0) is 0 Å². The lowest BCUT2D eigenvalue weighted by Crippen LogP contribution is -2.50. The first kappa shape index (κ1) is 29.9. The van der Waals surface area contributed by atoms with E-state index in [-0.39, 0.29) is 42.7 Å². The number of nitrogens with one attached hydrogen (secondary N) is 1. The van der Waals surface area contributed by atoms with E-state index in [9.17, 15) is 0 Å². The smallest absolute Gasteiger partial charge is 0.256 e. The van der Waals surface area contributed by atoms with E-state index in [1.54, 1.807) is 0 Å². The molecule has 0 aromatic carbocycles. The second-order valence-electron chi connectivity index (χ2n) is 9.08. The molecule has 0 amide bonds. The zero-order chi connectivity index (χ0) is 19.8. The molecule has 2 saturated heterocycles. The monoisotopic (exact) mass is 524 g/mol. The topological polar surface area (TPSA) is 96.3 Å². The number of halogens is 3. The van der Waals surface area contributed by atoms with Crippen molar-refractivity contribution in [3.63, 3.8) is 0 Å². The Bertz CT molecular complexity index is 855. The van der Waals surface area contributed by atoms with Gasteiger partial charge in [-0.05, 0) is 26.8 Å². The molecule has 3 fully saturated rings. The number of likely N-dealkylation sites (N-methyl/N-ethyl adjacent to an activating group) is 1. The highest BCUT2D eigenvalue weighted by Crippen LogP contribution is 2.32. The minimum absolute atomic E-state index is 0. The Morgan fingerprint density at radius 1 is 0.909 bits per heavy atom. The fourth-order valence-corrected chi connectivity index (χ4v) is 4.95. The normalized spacial score (nSPS) is 22.1. The molecule has 2 aromatic rings. The van der Waals surface area contributed by atoms with Crippen molar-refractivity contribution in [1.29, 1.82) is 0 Å². The number of piperazine rings is 2. The SMILES string of the molecule is CC1CN(c2cc(N3CCN(C)CC3)nc3nc(C4CCCCC4)nn23)CCN1.Cl.Cl.Cl.O. The highest BCUT2D eigenvalue weighted by atomic mass is 35.5. The van der Waals surface area contributed by atoms with E-state index in [0.29, 0.717) is 12.0 Å². The van der Waals surface area contributed by atoms with Gasteiger partial charge in [0.1, 0.15) is 11.6 Å². The molecule has 4 heterocycles. The van der Waals surface area contributed by atoms with Gasteiger partial charge in [0.05, 0.1) is 0 Å². The van der Waals surface area contributed by atoms with Crippen LogP contribution in [-0.4, -0.2) is 88.9 Å². The molecule has 1 atom stereocenters. The van der Waals surface area contributed by atoms with Gasteiger partial charge in [-0.3, -0.25) is 0 Å². The molecule has 1 aliphatic carbocycles. The van der Waals surface area contributed by atoms with E-state index < -0.39 is 0 Å². The van der Waals surface area contributed by atoms with Crippen LogP contribution in [0, 0.1) is 0 Å². The number of rotatable bonds is 3. The van der Waals surface area contributed by atoms with Crippen molar-refractivity contribution >= 4 is 54.6 Å². The summed E-state index contributed by atoms with van der Waals surface area (Å²) in [7, 11) is 2.19. The second-order valence-corrected chi connectivity index (χ2v) is 9.08. The van der Waals surface area contributed by atoms with Crippen molar-refractivity contribution in [2.24, 2.45) is 0 Å². The van der Waals surface area contributed by atoms with Gasteiger partial charge in [-0.2, -0.15) is 14.5 Å². The quantitative estimate of drug-likeness (QED) is 0.656. The van der Waals surface area contributed by atoms with Crippen molar-refractivity contribution in [2.45, 2.75) is 51.0 Å². The van der Waals surface area contributed by atoms with E-state index in [0.717, 1.165) is 69.1 Å². The van der Waals surface area contributed by atoms with Crippen molar-refractivity contribution in [3.8, 4) is 0 Å². The van der Waals surface area contributed by atoms with Crippen LogP contribution in [0.1, 0.15) is 50.8 Å². The van der Waals surface area contributed by atoms with Gasteiger partial charge in [0.15, 0.2) is 5.82 Å².